The third kappa shape index (κ3) is 3.79. The van der Waals surface area contributed by atoms with E-state index in [9.17, 15) is 9.59 Å². The summed E-state index contributed by atoms with van der Waals surface area (Å²) in [4.78, 5) is 28.5. The predicted octanol–water partition coefficient (Wildman–Crippen LogP) is 3.56. The van der Waals surface area contributed by atoms with Crippen molar-refractivity contribution in [2.24, 2.45) is 0 Å². The lowest BCUT2D eigenvalue weighted by molar-refractivity contribution is -0.119. The highest BCUT2D eigenvalue weighted by Crippen LogP contribution is 2.21. The molecule has 6 nitrogen and oxygen atoms in total. The SMILES string of the molecule is N#Cc1ccccc1NC(=O)COC(=O)c1cc(Cl)nc2ccccc12. The molecule has 3 aromatic rings. The van der Waals surface area contributed by atoms with Crippen molar-refractivity contribution >= 4 is 40.1 Å². The third-order valence-electron chi connectivity index (χ3n) is 3.56. The van der Waals surface area contributed by atoms with Gasteiger partial charge in [0.05, 0.1) is 22.3 Å². The molecule has 0 aliphatic rings. The Morgan fingerprint density at radius 2 is 1.88 bits per heavy atom. The van der Waals surface area contributed by atoms with E-state index in [4.69, 9.17) is 21.6 Å². The summed E-state index contributed by atoms with van der Waals surface area (Å²) >= 11 is 5.94. The van der Waals surface area contributed by atoms with Crippen molar-refractivity contribution in [3.8, 4) is 6.07 Å². The summed E-state index contributed by atoms with van der Waals surface area (Å²) < 4.78 is 5.08. The van der Waals surface area contributed by atoms with Crippen LogP contribution in [0.25, 0.3) is 10.9 Å². The fourth-order valence-corrected chi connectivity index (χ4v) is 2.60. The minimum absolute atomic E-state index is 0.156. The van der Waals surface area contributed by atoms with Crippen LogP contribution in [0, 0.1) is 11.3 Å². The lowest BCUT2D eigenvalue weighted by atomic mass is 10.1. The first-order valence-corrected chi connectivity index (χ1v) is 7.97. The van der Waals surface area contributed by atoms with Gasteiger partial charge in [-0.15, -0.1) is 0 Å². The van der Waals surface area contributed by atoms with Crippen LogP contribution in [0.4, 0.5) is 5.69 Å². The van der Waals surface area contributed by atoms with Crippen molar-refractivity contribution in [1.82, 2.24) is 4.98 Å². The van der Waals surface area contributed by atoms with Crippen molar-refractivity contribution in [1.29, 1.82) is 5.26 Å². The molecule has 0 fully saturated rings. The number of esters is 1. The zero-order valence-electron chi connectivity index (χ0n) is 13.4. The van der Waals surface area contributed by atoms with E-state index in [0.29, 0.717) is 22.2 Å². The number of carbonyl (C=O) groups excluding carboxylic acids is 2. The Hall–Kier alpha value is -3.43. The van der Waals surface area contributed by atoms with E-state index >= 15 is 0 Å². The lowest BCUT2D eigenvalue weighted by Crippen LogP contribution is -2.21. The van der Waals surface area contributed by atoms with Crippen molar-refractivity contribution in [3.63, 3.8) is 0 Å². The van der Waals surface area contributed by atoms with E-state index in [-0.39, 0.29) is 10.7 Å². The molecule has 0 radical (unpaired) electrons. The highest BCUT2D eigenvalue weighted by Gasteiger charge is 2.16. The van der Waals surface area contributed by atoms with Crippen molar-refractivity contribution < 1.29 is 14.3 Å². The van der Waals surface area contributed by atoms with Gasteiger partial charge in [0, 0.05) is 5.39 Å². The Bertz CT molecular complexity index is 1040. The second-order valence-electron chi connectivity index (χ2n) is 5.29. The number of halogens is 1. The van der Waals surface area contributed by atoms with Gasteiger partial charge in [0.2, 0.25) is 0 Å². The van der Waals surface area contributed by atoms with Crippen LogP contribution in [0.5, 0.6) is 0 Å². The molecule has 1 amide bonds. The van der Waals surface area contributed by atoms with Crippen molar-refractivity contribution in [2.75, 3.05) is 11.9 Å². The zero-order chi connectivity index (χ0) is 18.5. The van der Waals surface area contributed by atoms with Crippen LogP contribution in [0.2, 0.25) is 5.15 Å². The number of nitrogens with zero attached hydrogens (tertiary/aromatic N) is 2. The van der Waals surface area contributed by atoms with Crippen molar-refractivity contribution in [2.45, 2.75) is 0 Å². The Labute approximate surface area is 154 Å². The summed E-state index contributed by atoms with van der Waals surface area (Å²) in [5.74, 6) is -1.24. The molecule has 0 spiro atoms. The van der Waals surface area contributed by atoms with Crippen LogP contribution in [-0.2, 0) is 9.53 Å². The van der Waals surface area contributed by atoms with E-state index in [1.807, 2.05) is 6.07 Å². The Morgan fingerprint density at radius 1 is 1.15 bits per heavy atom. The second-order valence-corrected chi connectivity index (χ2v) is 5.68. The molecule has 0 unspecified atom stereocenters. The second kappa shape index (κ2) is 7.64. The van der Waals surface area contributed by atoms with Gasteiger partial charge < -0.3 is 10.1 Å². The number of carbonyl (C=O) groups is 2. The number of pyridine rings is 1. The van der Waals surface area contributed by atoms with Gasteiger partial charge in [0.1, 0.15) is 11.2 Å². The average molecular weight is 366 g/mol. The van der Waals surface area contributed by atoms with Crippen LogP contribution < -0.4 is 5.32 Å². The van der Waals surface area contributed by atoms with E-state index in [0.717, 1.165) is 0 Å². The summed E-state index contributed by atoms with van der Waals surface area (Å²) in [6, 6.07) is 16.9. The van der Waals surface area contributed by atoms with Crippen LogP contribution in [0.15, 0.2) is 54.6 Å². The lowest BCUT2D eigenvalue weighted by Gasteiger charge is -2.09. The maximum atomic E-state index is 12.3. The molecule has 0 aliphatic heterocycles. The van der Waals surface area contributed by atoms with Gasteiger partial charge in [-0.05, 0) is 24.3 Å². The van der Waals surface area contributed by atoms with Crippen LogP contribution >= 0.6 is 11.6 Å². The first kappa shape index (κ1) is 17.4. The summed E-state index contributed by atoms with van der Waals surface area (Å²) in [6.07, 6.45) is 0. The summed E-state index contributed by atoms with van der Waals surface area (Å²) in [5, 5.41) is 12.3. The number of anilines is 1. The number of nitrogens with one attached hydrogen (secondary N) is 1. The van der Waals surface area contributed by atoms with Crippen molar-refractivity contribution in [3.05, 3.63) is 70.9 Å². The van der Waals surface area contributed by atoms with Gasteiger partial charge >= 0.3 is 5.97 Å². The number of para-hydroxylation sites is 2. The van der Waals surface area contributed by atoms with E-state index < -0.39 is 18.5 Å². The number of rotatable bonds is 4. The normalized spacial score (nSPS) is 10.2. The molecule has 0 bridgehead atoms. The summed E-state index contributed by atoms with van der Waals surface area (Å²) in [7, 11) is 0. The van der Waals surface area contributed by atoms with Crippen LogP contribution in [0.3, 0.4) is 0 Å². The average Bonchev–Trinajstić information content (AvgIpc) is 2.65. The number of hydrogen-bond donors (Lipinski definition) is 1. The standard InChI is InChI=1S/C19H12ClN3O3/c20-17-9-14(13-6-2-4-8-16(13)22-17)19(25)26-11-18(24)23-15-7-3-1-5-12(15)10-21/h1-9H,11H2,(H,23,24). The third-order valence-corrected chi connectivity index (χ3v) is 3.75. The first-order valence-electron chi connectivity index (χ1n) is 7.60. The number of benzene rings is 2. The number of ether oxygens (including phenoxy) is 1. The van der Waals surface area contributed by atoms with E-state index in [1.54, 1.807) is 48.5 Å². The molecule has 3 rings (SSSR count). The van der Waals surface area contributed by atoms with Crippen LogP contribution in [0.1, 0.15) is 15.9 Å². The molecule has 0 saturated heterocycles. The molecule has 0 saturated carbocycles. The fraction of sp³-hybridized carbons (Fsp3) is 0.0526. The first-order chi connectivity index (χ1) is 12.6. The summed E-state index contributed by atoms with van der Waals surface area (Å²) in [6.45, 7) is -0.493. The van der Waals surface area contributed by atoms with Gasteiger partial charge in [-0.1, -0.05) is 41.9 Å². The fourth-order valence-electron chi connectivity index (χ4n) is 2.40. The Morgan fingerprint density at radius 3 is 2.69 bits per heavy atom. The van der Waals surface area contributed by atoms with Gasteiger partial charge in [0.15, 0.2) is 6.61 Å². The quantitative estimate of drug-likeness (QED) is 0.563. The molecule has 1 N–H and O–H groups in total. The highest BCUT2D eigenvalue weighted by atomic mass is 35.5. The van der Waals surface area contributed by atoms with Gasteiger partial charge in [-0.3, -0.25) is 4.79 Å². The maximum absolute atomic E-state index is 12.3. The van der Waals surface area contributed by atoms with E-state index in [2.05, 4.69) is 10.3 Å². The molecule has 2 aromatic carbocycles. The smallest absolute Gasteiger partial charge is 0.339 e. The molecule has 1 heterocycles. The summed E-state index contributed by atoms with van der Waals surface area (Å²) in [5.41, 5.74) is 1.46. The molecular weight excluding hydrogens is 354 g/mol. The topological polar surface area (TPSA) is 92.1 Å². The molecular formula is C19H12ClN3O3. The molecule has 1 aromatic heterocycles. The largest absolute Gasteiger partial charge is 0.452 e. The monoisotopic (exact) mass is 365 g/mol. The number of amides is 1. The molecule has 0 aliphatic carbocycles. The molecule has 26 heavy (non-hydrogen) atoms. The Balaban J connectivity index is 1.71. The molecule has 7 heteroatoms. The molecule has 0 atom stereocenters. The number of fused-ring (bicyclic) bond motifs is 1. The number of aromatic nitrogens is 1. The zero-order valence-corrected chi connectivity index (χ0v) is 14.2. The maximum Gasteiger partial charge on any atom is 0.339 e. The minimum Gasteiger partial charge on any atom is -0.452 e. The minimum atomic E-state index is -0.686. The van der Waals surface area contributed by atoms with Gasteiger partial charge in [-0.2, -0.15) is 5.26 Å². The Kier molecular flexibility index (Phi) is 5.11. The van der Waals surface area contributed by atoms with Gasteiger partial charge in [-0.25, -0.2) is 9.78 Å². The predicted molar refractivity (Wildman–Crippen MR) is 96.8 cm³/mol. The number of hydrogen-bond acceptors (Lipinski definition) is 5. The van der Waals surface area contributed by atoms with Crippen LogP contribution in [-0.4, -0.2) is 23.5 Å². The number of nitriles is 1. The van der Waals surface area contributed by atoms with Gasteiger partial charge in [0.25, 0.3) is 5.91 Å². The highest BCUT2D eigenvalue weighted by molar-refractivity contribution is 6.30. The molecule has 128 valence electrons. The van der Waals surface area contributed by atoms with E-state index in [1.165, 1.54) is 6.07 Å².